The number of aliphatic hydroxyl groups excluding tert-OH is 1. The molecule has 0 bridgehead atoms. The van der Waals surface area contributed by atoms with E-state index in [0.29, 0.717) is 53.9 Å². The standard InChI is InChI=1S/C27H24N2O7/c1-3-34-18-9-7-16(14-20(18)33-2)24-23(26(31)27(32)29(24)22-6-4-5-11-28-22)25(30)17-8-10-19-21(15-17)36-13-12-35-19/h4-11,14-15,24,30H,3,12-13H2,1-2H3/b25-23+. The van der Waals surface area contributed by atoms with E-state index < -0.39 is 17.7 Å². The molecule has 1 atom stereocenters. The van der Waals surface area contributed by atoms with E-state index in [1.54, 1.807) is 54.6 Å². The summed E-state index contributed by atoms with van der Waals surface area (Å²) in [5.74, 6) is 0.255. The fourth-order valence-corrected chi connectivity index (χ4v) is 4.36. The van der Waals surface area contributed by atoms with Crippen molar-refractivity contribution < 1.29 is 33.6 Å². The summed E-state index contributed by atoms with van der Waals surface area (Å²) in [6.45, 7) is 3.09. The van der Waals surface area contributed by atoms with Crippen molar-refractivity contribution in [3.8, 4) is 23.0 Å². The number of hydrogen-bond donors (Lipinski definition) is 1. The Balaban J connectivity index is 1.69. The third-order valence-corrected chi connectivity index (χ3v) is 5.96. The number of carbonyl (C=O) groups excluding carboxylic acids is 2. The summed E-state index contributed by atoms with van der Waals surface area (Å²) < 4.78 is 22.3. The number of anilines is 1. The lowest BCUT2D eigenvalue weighted by molar-refractivity contribution is -0.132. The molecule has 9 heteroatoms. The van der Waals surface area contributed by atoms with E-state index in [0.717, 1.165) is 0 Å². The molecule has 1 amide bonds. The lowest BCUT2D eigenvalue weighted by Crippen LogP contribution is -2.30. The Kier molecular flexibility index (Phi) is 6.20. The van der Waals surface area contributed by atoms with Gasteiger partial charge < -0.3 is 24.1 Å². The molecule has 1 saturated heterocycles. The van der Waals surface area contributed by atoms with Gasteiger partial charge >= 0.3 is 5.91 Å². The number of nitrogens with zero attached hydrogens (tertiary/aromatic N) is 2. The molecule has 9 nitrogen and oxygen atoms in total. The van der Waals surface area contributed by atoms with Crippen LogP contribution in [0.1, 0.15) is 24.1 Å². The molecule has 0 saturated carbocycles. The van der Waals surface area contributed by atoms with Gasteiger partial charge in [0.05, 0.1) is 25.3 Å². The number of carbonyl (C=O) groups is 2. The number of pyridine rings is 1. The predicted octanol–water partition coefficient (Wildman–Crippen LogP) is 3.89. The number of Topliss-reactive ketones (excluding diaryl/α,β-unsaturated/α-hetero) is 1. The highest BCUT2D eigenvalue weighted by Gasteiger charge is 2.47. The van der Waals surface area contributed by atoms with Crippen LogP contribution in [0.5, 0.6) is 23.0 Å². The van der Waals surface area contributed by atoms with Crippen LogP contribution in [-0.2, 0) is 9.59 Å². The minimum Gasteiger partial charge on any atom is -0.507 e. The molecule has 0 radical (unpaired) electrons. The second-order valence-corrected chi connectivity index (χ2v) is 8.06. The van der Waals surface area contributed by atoms with Gasteiger partial charge in [-0.15, -0.1) is 0 Å². The van der Waals surface area contributed by atoms with Gasteiger partial charge in [0.1, 0.15) is 24.8 Å². The predicted molar refractivity (Wildman–Crippen MR) is 131 cm³/mol. The van der Waals surface area contributed by atoms with Crippen LogP contribution >= 0.6 is 0 Å². The van der Waals surface area contributed by atoms with Crippen molar-refractivity contribution in [3.05, 3.63) is 77.5 Å². The average molecular weight is 488 g/mol. The van der Waals surface area contributed by atoms with Gasteiger partial charge in [-0.3, -0.25) is 14.5 Å². The topological polar surface area (TPSA) is 107 Å². The first-order valence-electron chi connectivity index (χ1n) is 11.5. The molecule has 0 spiro atoms. The van der Waals surface area contributed by atoms with Crippen LogP contribution in [0.2, 0.25) is 0 Å². The number of aliphatic hydroxyl groups is 1. The molecule has 1 N–H and O–H groups in total. The van der Waals surface area contributed by atoms with Gasteiger partial charge in [0.15, 0.2) is 23.0 Å². The number of benzene rings is 2. The molecule has 36 heavy (non-hydrogen) atoms. The van der Waals surface area contributed by atoms with Crippen molar-refractivity contribution in [1.82, 2.24) is 4.98 Å². The molecule has 1 aromatic heterocycles. The van der Waals surface area contributed by atoms with E-state index >= 15 is 0 Å². The van der Waals surface area contributed by atoms with Gasteiger partial charge in [-0.05, 0) is 55.0 Å². The zero-order chi connectivity index (χ0) is 25.2. The molecule has 2 aliphatic heterocycles. The Morgan fingerprint density at radius 1 is 1.06 bits per heavy atom. The van der Waals surface area contributed by atoms with Crippen molar-refractivity contribution in [2.45, 2.75) is 13.0 Å². The summed E-state index contributed by atoms with van der Waals surface area (Å²) in [7, 11) is 1.51. The molecule has 2 aromatic carbocycles. The number of amides is 1. The third kappa shape index (κ3) is 3.98. The summed E-state index contributed by atoms with van der Waals surface area (Å²) in [4.78, 5) is 32.2. The van der Waals surface area contributed by atoms with Gasteiger partial charge in [0.2, 0.25) is 0 Å². The number of fused-ring (bicyclic) bond motifs is 1. The van der Waals surface area contributed by atoms with Crippen LogP contribution in [0.15, 0.2) is 66.4 Å². The maximum atomic E-state index is 13.4. The zero-order valence-electron chi connectivity index (χ0n) is 19.8. The van der Waals surface area contributed by atoms with Crippen LogP contribution in [-0.4, -0.2) is 48.7 Å². The second kappa shape index (κ2) is 9.61. The van der Waals surface area contributed by atoms with Crippen LogP contribution < -0.4 is 23.8 Å². The van der Waals surface area contributed by atoms with Gasteiger partial charge in [-0.1, -0.05) is 12.1 Å². The second-order valence-electron chi connectivity index (χ2n) is 8.06. The fourth-order valence-electron chi connectivity index (χ4n) is 4.36. The molecule has 2 aliphatic rings. The minimum atomic E-state index is -0.960. The SMILES string of the molecule is CCOc1ccc(C2/C(=C(\O)c3ccc4c(c3)OCCO4)C(=O)C(=O)N2c2ccccn2)cc1OC. The fraction of sp³-hybridized carbons (Fsp3) is 0.222. The number of ketones is 1. The van der Waals surface area contributed by atoms with Crippen LogP contribution in [0.4, 0.5) is 5.82 Å². The lowest BCUT2D eigenvalue weighted by Gasteiger charge is -2.25. The quantitative estimate of drug-likeness (QED) is 0.316. The molecule has 5 rings (SSSR count). The van der Waals surface area contributed by atoms with Crippen molar-refractivity contribution in [3.63, 3.8) is 0 Å². The molecule has 3 heterocycles. The maximum absolute atomic E-state index is 13.4. The first kappa shape index (κ1) is 23.2. The molecule has 1 unspecified atom stereocenters. The number of methoxy groups -OCH3 is 1. The Morgan fingerprint density at radius 2 is 1.86 bits per heavy atom. The van der Waals surface area contributed by atoms with Crippen molar-refractivity contribution in [2.75, 3.05) is 31.8 Å². The molecular weight excluding hydrogens is 464 g/mol. The monoisotopic (exact) mass is 488 g/mol. The average Bonchev–Trinajstić information content (AvgIpc) is 3.19. The maximum Gasteiger partial charge on any atom is 0.301 e. The summed E-state index contributed by atoms with van der Waals surface area (Å²) in [5, 5.41) is 11.4. The van der Waals surface area contributed by atoms with Crippen molar-refractivity contribution in [2.24, 2.45) is 0 Å². The summed E-state index contributed by atoms with van der Waals surface area (Å²) in [6, 6.07) is 14.1. The molecule has 0 aliphatic carbocycles. The number of rotatable bonds is 6. The zero-order valence-corrected chi connectivity index (χ0v) is 19.8. The molecular formula is C27H24N2O7. The van der Waals surface area contributed by atoms with E-state index in [1.165, 1.54) is 18.2 Å². The van der Waals surface area contributed by atoms with Crippen LogP contribution in [0.25, 0.3) is 5.76 Å². The first-order valence-corrected chi connectivity index (χ1v) is 11.5. The van der Waals surface area contributed by atoms with Crippen LogP contribution in [0.3, 0.4) is 0 Å². The van der Waals surface area contributed by atoms with Crippen molar-refractivity contribution >= 4 is 23.3 Å². The summed E-state index contributed by atoms with van der Waals surface area (Å²) in [5.41, 5.74) is 0.786. The van der Waals surface area contributed by atoms with Gasteiger partial charge in [0, 0.05) is 11.8 Å². The van der Waals surface area contributed by atoms with Gasteiger partial charge in [-0.25, -0.2) is 4.98 Å². The highest BCUT2D eigenvalue weighted by Crippen LogP contribution is 2.44. The molecule has 3 aromatic rings. The van der Waals surface area contributed by atoms with Gasteiger partial charge in [-0.2, -0.15) is 0 Å². The van der Waals surface area contributed by atoms with E-state index in [2.05, 4.69) is 4.98 Å². The molecule has 1 fully saturated rings. The lowest BCUT2D eigenvalue weighted by atomic mass is 9.94. The first-order chi connectivity index (χ1) is 17.5. The molecule has 184 valence electrons. The van der Waals surface area contributed by atoms with E-state index in [1.807, 2.05) is 6.92 Å². The van der Waals surface area contributed by atoms with E-state index in [4.69, 9.17) is 18.9 Å². The Morgan fingerprint density at radius 3 is 2.58 bits per heavy atom. The highest BCUT2D eigenvalue weighted by molar-refractivity contribution is 6.51. The van der Waals surface area contributed by atoms with Crippen LogP contribution in [0, 0.1) is 0 Å². The number of ether oxygens (including phenoxy) is 4. The Bertz CT molecular complexity index is 1350. The van der Waals surface area contributed by atoms with Gasteiger partial charge in [0.25, 0.3) is 5.78 Å². The smallest absolute Gasteiger partial charge is 0.301 e. The van der Waals surface area contributed by atoms with E-state index in [9.17, 15) is 14.7 Å². The number of aromatic nitrogens is 1. The van der Waals surface area contributed by atoms with E-state index in [-0.39, 0.29) is 17.2 Å². The largest absolute Gasteiger partial charge is 0.507 e. The highest BCUT2D eigenvalue weighted by atomic mass is 16.6. The minimum absolute atomic E-state index is 0.0754. The summed E-state index contributed by atoms with van der Waals surface area (Å²) >= 11 is 0. The third-order valence-electron chi connectivity index (χ3n) is 5.96. The normalized spacial score (nSPS) is 18.3. The Hall–Kier alpha value is -4.53. The Labute approximate surface area is 207 Å². The summed E-state index contributed by atoms with van der Waals surface area (Å²) in [6.07, 6.45) is 1.53. The van der Waals surface area contributed by atoms with Crippen molar-refractivity contribution in [1.29, 1.82) is 0 Å². The number of hydrogen-bond acceptors (Lipinski definition) is 8.